The molecule has 1 aromatic heterocycles. The van der Waals surface area contributed by atoms with Crippen molar-refractivity contribution in [2.75, 3.05) is 19.6 Å². The van der Waals surface area contributed by atoms with Gasteiger partial charge in [-0.15, -0.1) is 0 Å². The van der Waals surface area contributed by atoms with Gasteiger partial charge in [0.25, 0.3) is 0 Å². The van der Waals surface area contributed by atoms with E-state index in [9.17, 15) is 4.79 Å². The van der Waals surface area contributed by atoms with E-state index in [2.05, 4.69) is 34.0 Å². The van der Waals surface area contributed by atoms with Crippen LogP contribution in [0.4, 0.5) is 0 Å². The van der Waals surface area contributed by atoms with Crippen LogP contribution in [0.3, 0.4) is 0 Å². The lowest BCUT2D eigenvalue weighted by Crippen LogP contribution is -2.48. The van der Waals surface area contributed by atoms with Gasteiger partial charge in [0.05, 0.1) is 6.04 Å². The molecule has 5 nitrogen and oxygen atoms in total. The van der Waals surface area contributed by atoms with Crippen molar-refractivity contribution >= 4 is 5.91 Å². The first kappa shape index (κ1) is 17.9. The molecule has 5 heteroatoms. The van der Waals surface area contributed by atoms with Crippen molar-refractivity contribution in [3.8, 4) is 0 Å². The molecule has 23 heavy (non-hydrogen) atoms. The number of aryl methyl sites for hydroxylation is 2. The highest BCUT2D eigenvalue weighted by Crippen LogP contribution is 2.26. The monoisotopic (exact) mass is 318 g/mol. The molecule has 1 atom stereocenters. The molecule has 1 aromatic rings. The average Bonchev–Trinajstić information content (AvgIpc) is 2.51. The Morgan fingerprint density at radius 2 is 1.78 bits per heavy atom. The van der Waals surface area contributed by atoms with E-state index in [0.29, 0.717) is 11.8 Å². The molecule has 128 valence electrons. The number of likely N-dealkylation sites (tertiary alicyclic amines) is 1. The van der Waals surface area contributed by atoms with Gasteiger partial charge in [-0.3, -0.25) is 9.69 Å². The fraction of sp³-hybridized carbons (Fsp3) is 0.722. The van der Waals surface area contributed by atoms with Crippen molar-refractivity contribution in [3.05, 3.63) is 23.3 Å². The summed E-state index contributed by atoms with van der Waals surface area (Å²) in [6.45, 7) is 12.9. The molecule has 1 saturated heterocycles. The van der Waals surface area contributed by atoms with Gasteiger partial charge in [-0.05, 0) is 58.7 Å². The Labute approximate surface area is 139 Å². The fourth-order valence-corrected chi connectivity index (χ4v) is 3.10. The van der Waals surface area contributed by atoms with E-state index in [1.807, 2.05) is 26.8 Å². The van der Waals surface area contributed by atoms with Gasteiger partial charge in [0.15, 0.2) is 0 Å². The first-order valence-electron chi connectivity index (χ1n) is 8.70. The third-order valence-corrected chi connectivity index (χ3v) is 4.51. The summed E-state index contributed by atoms with van der Waals surface area (Å²) in [7, 11) is 0. The maximum atomic E-state index is 12.2. The smallest absolute Gasteiger partial charge is 0.237 e. The summed E-state index contributed by atoms with van der Waals surface area (Å²) in [6.07, 6.45) is 2.04. The average molecular weight is 318 g/mol. The molecule has 1 N–H and O–H groups in total. The highest BCUT2D eigenvalue weighted by atomic mass is 16.2. The predicted octanol–water partition coefficient (Wildman–Crippen LogP) is 2.43. The minimum atomic E-state index is -0.0603. The molecule has 0 aliphatic carbocycles. The van der Waals surface area contributed by atoms with Gasteiger partial charge in [-0.25, -0.2) is 9.97 Å². The number of nitrogens with zero attached hydrogens (tertiary/aromatic N) is 3. The van der Waals surface area contributed by atoms with Gasteiger partial charge < -0.3 is 5.32 Å². The Bertz CT molecular complexity index is 516. The number of hydrogen-bond acceptors (Lipinski definition) is 4. The molecular formula is C18H30N4O. The fourth-order valence-electron chi connectivity index (χ4n) is 3.10. The van der Waals surface area contributed by atoms with E-state index in [4.69, 9.17) is 0 Å². The minimum absolute atomic E-state index is 0.0603. The van der Waals surface area contributed by atoms with Crippen LogP contribution in [-0.2, 0) is 4.79 Å². The van der Waals surface area contributed by atoms with Crippen LogP contribution in [0.1, 0.15) is 56.7 Å². The lowest BCUT2D eigenvalue weighted by atomic mass is 9.94. The van der Waals surface area contributed by atoms with Crippen LogP contribution in [0, 0.1) is 19.8 Å². The third kappa shape index (κ3) is 4.99. The van der Waals surface area contributed by atoms with Gasteiger partial charge >= 0.3 is 0 Å². The molecule has 2 rings (SSSR count). The molecule has 0 radical (unpaired) electrons. The van der Waals surface area contributed by atoms with Gasteiger partial charge in [-0.1, -0.05) is 13.8 Å². The summed E-state index contributed by atoms with van der Waals surface area (Å²) < 4.78 is 0. The van der Waals surface area contributed by atoms with Gasteiger partial charge in [0, 0.05) is 23.9 Å². The Morgan fingerprint density at radius 1 is 1.22 bits per heavy atom. The number of amides is 1. The molecule has 0 aromatic carbocycles. The topological polar surface area (TPSA) is 58.1 Å². The molecule has 2 heterocycles. The van der Waals surface area contributed by atoms with Crippen LogP contribution < -0.4 is 5.32 Å². The number of carbonyl (C=O) groups is 1. The lowest BCUT2D eigenvalue weighted by molar-refractivity contribution is -0.126. The zero-order valence-electron chi connectivity index (χ0n) is 15.1. The normalized spacial score (nSPS) is 18.2. The summed E-state index contributed by atoms with van der Waals surface area (Å²) in [6, 6.07) is 1.95. The molecule has 0 bridgehead atoms. The second-order valence-electron chi connectivity index (χ2n) is 7.13. The van der Waals surface area contributed by atoms with E-state index in [1.54, 1.807) is 0 Å². The second-order valence-corrected chi connectivity index (χ2v) is 7.13. The third-order valence-electron chi connectivity index (χ3n) is 4.51. The Balaban J connectivity index is 1.89. The minimum Gasteiger partial charge on any atom is -0.354 e. The van der Waals surface area contributed by atoms with Crippen LogP contribution in [0.2, 0.25) is 0 Å². The summed E-state index contributed by atoms with van der Waals surface area (Å²) in [5.74, 6) is 2.01. The Kier molecular flexibility index (Phi) is 6.10. The van der Waals surface area contributed by atoms with Crippen molar-refractivity contribution in [1.29, 1.82) is 0 Å². The van der Waals surface area contributed by atoms with Crippen molar-refractivity contribution in [2.24, 2.45) is 5.92 Å². The maximum absolute atomic E-state index is 12.2. The van der Waals surface area contributed by atoms with Gasteiger partial charge in [0.2, 0.25) is 5.91 Å². The van der Waals surface area contributed by atoms with E-state index >= 15 is 0 Å². The summed E-state index contributed by atoms with van der Waals surface area (Å²) in [5, 5.41) is 3.03. The summed E-state index contributed by atoms with van der Waals surface area (Å²) in [5.41, 5.74) is 2.08. The lowest BCUT2D eigenvalue weighted by Gasteiger charge is -2.35. The molecule has 0 spiro atoms. The Morgan fingerprint density at radius 3 is 2.30 bits per heavy atom. The number of aromatic nitrogens is 2. The maximum Gasteiger partial charge on any atom is 0.237 e. The molecular weight excluding hydrogens is 288 g/mol. The van der Waals surface area contributed by atoms with E-state index in [0.717, 1.165) is 49.7 Å². The molecule has 1 aliphatic rings. The number of piperidine rings is 1. The SMILES string of the molecule is Cc1cc(C)nc(C2CCN([C@@H](C)C(=O)NCC(C)C)CC2)n1. The van der Waals surface area contributed by atoms with Crippen LogP contribution in [0.15, 0.2) is 6.07 Å². The number of hydrogen-bond donors (Lipinski definition) is 1. The standard InChI is InChI=1S/C18H30N4O/c1-12(2)11-19-18(23)15(5)22-8-6-16(7-9-22)17-20-13(3)10-14(4)21-17/h10,12,15-16H,6-9,11H2,1-5H3,(H,19,23)/t15-/m0/s1. The number of rotatable bonds is 5. The van der Waals surface area contributed by atoms with Crippen molar-refractivity contribution in [2.45, 2.75) is 59.4 Å². The van der Waals surface area contributed by atoms with Gasteiger partial charge in [-0.2, -0.15) is 0 Å². The molecule has 0 unspecified atom stereocenters. The zero-order chi connectivity index (χ0) is 17.0. The van der Waals surface area contributed by atoms with Crippen LogP contribution in [-0.4, -0.2) is 46.5 Å². The highest BCUT2D eigenvalue weighted by molar-refractivity contribution is 5.81. The van der Waals surface area contributed by atoms with Crippen molar-refractivity contribution < 1.29 is 4.79 Å². The van der Waals surface area contributed by atoms with Crippen LogP contribution in [0.25, 0.3) is 0 Å². The first-order chi connectivity index (χ1) is 10.9. The van der Waals surface area contributed by atoms with Crippen molar-refractivity contribution in [3.63, 3.8) is 0 Å². The molecule has 1 amide bonds. The first-order valence-corrected chi connectivity index (χ1v) is 8.70. The quantitative estimate of drug-likeness (QED) is 0.906. The number of carbonyl (C=O) groups excluding carboxylic acids is 1. The summed E-state index contributed by atoms with van der Waals surface area (Å²) in [4.78, 5) is 23.7. The molecule has 1 aliphatic heterocycles. The highest BCUT2D eigenvalue weighted by Gasteiger charge is 2.28. The van der Waals surface area contributed by atoms with E-state index < -0.39 is 0 Å². The second kappa shape index (κ2) is 7.86. The van der Waals surface area contributed by atoms with E-state index in [-0.39, 0.29) is 11.9 Å². The Hall–Kier alpha value is -1.49. The predicted molar refractivity (Wildman–Crippen MR) is 92.4 cm³/mol. The van der Waals surface area contributed by atoms with E-state index in [1.165, 1.54) is 0 Å². The van der Waals surface area contributed by atoms with Crippen molar-refractivity contribution in [1.82, 2.24) is 20.2 Å². The summed E-state index contributed by atoms with van der Waals surface area (Å²) >= 11 is 0. The van der Waals surface area contributed by atoms with Gasteiger partial charge in [0.1, 0.15) is 5.82 Å². The van der Waals surface area contributed by atoms with Crippen LogP contribution >= 0.6 is 0 Å². The zero-order valence-corrected chi connectivity index (χ0v) is 15.1. The number of nitrogens with one attached hydrogen (secondary N) is 1. The molecule has 0 saturated carbocycles. The van der Waals surface area contributed by atoms with Crippen LogP contribution in [0.5, 0.6) is 0 Å². The largest absolute Gasteiger partial charge is 0.354 e. The molecule has 1 fully saturated rings.